The van der Waals surface area contributed by atoms with E-state index in [9.17, 15) is 9.59 Å². The molecule has 1 aromatic heterocycles. The van der Waals surface area contributed by atoms with Gasteiger partial charge in [-0.25, -0.2) is 9.48 Å². The first-order valence-corrected chi connectivity index (χ1v) is 4.20. The van der Waals surface area contributed by atoms with Crippen molar-refractivity contribution in [3.63, 3.8) is 0 Å². The molecule has 0 aliphatic rings. The van der Waals surface area contributed by atoms with Crippen molar-refractivity contribution in [3.8, 4) is 0 Å². The fourth-order valence-electron chi connectivity index (χ4n) is 1.10. The first-order valence-electron chi connectivity index (χ1n) is 4.20. The maximum absolute atomic E-state index is 10.7. The molecule has 0 aliphatic heterocycles. The number of amides is 1. The standard InChI is InChI=1S/C7H11N5O3/c8-3-4-6(7(14)15)10-11-12(4)2-1-5(9)13/h1-3,8H2,(H2,9,13)(H,14,15). The summed E-state index contributed by atoms with van der Waals surface area (Å²) in [6.07, 6.45) is 0.0649. The van der Waals surface area contributed by atoms with Crippen LogP contribution in [-0.4, -0.2) is 32.0 Å². The minimum absolute atomic E-state index is 0.00655. The number of nitrogens with zero attached hydrogens (tertiary/aromatic N) is 3. The average molecular weight is 213 g/mol. The molecule has 1 heterocycles. The number of carboxylic acids is 1. The van der Waals surface area contributed by atoms with Crippen molar-refractivity contribution in [3.05, 3.63) is 11.4 Å². The number of carboxylic acid groups (broad SMARTS) is 1. The Bertz CT molecular complexity index is 386. The molecule has 0 atom stereocenters. The summed E-state index contributed by atoms with van der Waals surface area (Å²) in [7, 11) is 0. The van der Waals surface area contributed by atoms with Crippen molar-refractivity contribution in [1.82, 2.24) is 15.0 Å². The number of hydrogen-bond acceptors (Lipinski definition) is 5. The predicted molar refractivity (Wildman–Crippen MR) is 48.7 cm³/mol. The number of nitrogens with two attached hydrogens (primary N) is 2. The van der Waals surface area contributed by atoms with Gasteiger partial charge in [0.05, 0.1) is 12.2 Å². The molecule has 0 unspecified atom stereocenters. The lowest BCUT2D eigenvalue weighted by Crippen LogP contribution is -2.17. The summed E-state index contributed by atoms with van der Waals surface area (Å²) in [6, 6.07) is 0. The zero-order valence-corrected chi connectivity index (χ0v) is 7.88. The van der Waals surface area contributed by atoms with Gasteiger partial charge >= 0.3 is 5.97 Å². The summed E-state index contributed by atoms with van der Waals surface area (Å²) in [5.41, 5.74) is 10.4. The van der Waals surface area contributed by atoms with Gasteiger partial charge in [-0.2, -0.15) is 0 Å². The third-order valence-electron chi connectivity index (χ3n) is 1.80. The minimum atomic E-state index is -1.19. The van der Waals surface area contributed by atoms with Gasteiger partial charge in [0.25, 0.3) is 0 Å². The summed E-state index contributed by atoms with van der Waals surface area (Å²) in [5, 5.41) is 15.7. The second kappa shape index (κ2) is 4.51. The maximum Gasteiger partial charge on any atom is 0.358 e. The molecule has 1 amide bonds. The quantitative estimate of drug-likeness (QED) is 0.533. The van der Waals surface area contributed by atoms with Crippen LogP contribution in [0.15, 0.2) is 0 Å². The minimum Gasteiger partial charge on any atom is -0.476 e. The van der Waals surface area contributed by atoms with Crippen molar-refractivity contribution in [2.45, 2.75) is 19.5 Å². The second-order valence-electron chi connectivity index (χ2n) is 2.83. The van der Waals surface area contributed by atoms with E-state index in [-0.39, 0.29) is 30.9 Å². The summed E-state index contributed by atoms with van der Waals surface area (Å²) >= 11 is 0. The van der Waals surface area contributed by atoms with Gasteiger partial charge < -0.3 is 16.6 Å². The molecule has 0 spiro atoms. The van der Waals surface area contributed by atoms with Crippen molar-refractivity contribution in [1.29, 1.82) is 0 Å². The van der Waals surface area contributed by atoms with Crippen LogP contribution < -0.4 is 11.5 Å². The molecule has 0 aliphatic carbocycles. The highest BCUT2D eigenvalue weighted by Crippen LogP contribution is 2.05. The van der Waals surface area contributed by atoms with Gasteiger partial charge in [0.15, 0.2) is 5.69 Å². The molecule has 0 saturated heterocycles. The van der Waals surface area contributed by atoms with Gasteiger partial charge in [0.1, 0.15) is 0 Å². The normalized spacial score (nSPS) is 10.2. The van der Waals surface area contributed by atoms with Crippen LogP contribution in [0.3, 0.4) is 0 Å². The molecule has 8 nitrogen and oxygen atoms in total. The smallest absolute Gasteiger partial charge is 0.358 e. The Morgan fingerprint density at radius 2 is 2.13 bits per heavy atom. The number of carbonyl (C=O) groups excluding carboxylic acids is 1. The molecule has 82 valence electrons. The molecule has 5 N–H and O–H groups in total. The van der Waals surface area contributed by atoms with E-state index in [0.717, 1.165) is 0 Å². The summed E-state index contributed by atoms with van der Waals surface area (Å²) in [6.45, 7) is 0.176. The third kappa shape index (κ3) is 2.50. The molecule has 0 saturated carbocycles. The lowest BCUT2D eigenvalue weighted by atomic mass is 10.3. The third-order valence-corrected chi connectivity index (χ3v) is 1.80. The van der Waals surface area contributed by atoms with Crippen molar-refractivity contribution >= 4 is 11.9 Å². The summed E-state index contributed by atoms with van der Waals surface area (Å²) in [4.78, 5) is 21.2. The molecule has 0 fully saturated rings. The van der Waals surface area contributed by atoms with Crippen LogP contribution in [0.1, 0.15) is 22.6 Å². The van der Waals surface area contributed by atoms with E-state index in [2.05, 4.69) is 10.3 Å². The molecule has 1 aromatic rings. The van der Waals surface area contributed by atoms with Crippen LogP contribution >= 0.6 is 0 Å². The maximum atomic E-state index is 10.7. The van der Waals surface area contributed by atoms with Crippen LogP contribution in [0.25, 0.3) is 0 Å². The molecule has 0 bridgehead atoms. The predicted octanol–water partition coefficient (Wildman–Crippen LogP) is -1.69. The largest absolute Gasteiger partial charge is 0.476 e. The van der Waals surface area contributed by atoms with Crippen LogP contribution in [0.4, 0.5) is 0 Å². The van der Waals surface area contributed by atoms with Crippen molar-refractivity contribution in [2.75, 3.05) is 0 Å². The number of hydrogen-bond donors (Lipinski definition) is 3. The van der Waals surface area contributed by atoms with Crippen LogP contribution in [0.2, 0.25) is 0 Å². The first kappa shape index (κ1) is 11.1. The molecule has 15 heavy (non-hydrogen) atoms. The zero-order chi connectivity index (χ0) is 11.4. The molecule has 8 heteroatoms. The number of carbonyl (C=O) groups is 2. The molecule has 0 radical (unpaired) electrons. The van der Waals surface area contributed by atoms with Crippen molar-refractivity contribution < 1.29 is 14.7 Å². The number of rotatable bonds is 5. The van der Waals surface area contributed by atoms with Crippen LogP contribution in [0.5, 0.6) is 0 Å². The Morgan fingerprint density at radius 3 is 2.60 bits per heavy atom. The first-order chi connectivity index (χ1) is 7.06. The van der Waals surface area contributed by atoms with Crippen LogP contribution in [0, 0.1) is 0 Å². The molecule has 0 aromatic carbocycles. The Kier molecular flexibility index (Phi) is 3.34. The fourth-order valence-corrected chi connectivity index (χ4v) is 1.10. The topological polar surface area (TPSA) is 137 Å². The van der Waals surface area contributed by atoms with Gasteiger partial charge in [-0.1, -0.05) is 5.21 Å². The second-order valence-corrected chi connectivity index (χ2v) is 2.83. The van der Waals surface area contributed by atoms with E-state index >= 15 is 0 Å². The Balaban J connectivity index is 2.89. The van der Waals surface area contributed by atoms with E-state index in [1.54, 1.807) is 0 Å². The number of aromatic carboxylic acids is 1. The fraction of sp³-hybridized carbons (Fsp3) is 0.429. The number of aromatic nitrogens is 3. The molecular weight excluding hydrogens is 202 g/mol. The average Bonchev–Trinajstić information content (AvgIpc) is 2.57. The lowest BCUT2D eigenvalue weighted by Gasteiger charge is -2.02. The van der Waals surface area contributed by atoms with E-state index in [0.29, 0.717) is 0 Å². The van der Waals surface area contributed by atoms with Crippen LogP contribution in [-0.2, 0) is 17.9 Å². The number of aryl methyl sites for hydroxylation is 1. The SMILES string of the molecule is NCc1c(C(=O)O)nnn1CCC(N)=O. The van der Waals surface area contributed by atoms with Gasteiger partial charge in [-0.3, -0.25) is 4.79 Å². The summed E-state index contributed by atoms with van der Waals surface area (Å²) in [5.74, 6) is -1.69. The highest BCUT2D eigenvalue weighted by atomic mass is 16.4. The summed E-state index contributed by atoms with van der Waals surface area (Å²) < 4.78 is 1.27. The van der Waals surface area contributed by atoms with Gasteiger partial charge in [-0.15, -0.1) is 5.10 Å². The number of primary amides is 1. The Labute approximate surface area is 84.8 Å². The van der Waals surface area contributed by atoms with E-state index < -0.39 is 11.9 Å². The van der Waals surface area contributed by atoms with E-state index in [1.807, 2.05) is 0 Å². The highest BCUT2D eigenvalue weighted by molar-refractivity contribution is 5.86. The van der Waals surface area contributed by atoms with Crippen molar-refractivity contribution in [2.24, 2.45) is 11.5 Å². The molecule has 1 rings (SSSR count). The molecular formula is C7H11N5O3. The van der Waals surface area contributed by atoms with Gasteiger partial charge in [0.2, 0.25) is 5.91 Å². The highest BCUT2D eigenvalue weighted by Gasteiger charge is 2.17. The Morgan fingerprint density at radius 1 is 1.47 bits per heavy atom. The van der Waals surface area contributed by atoms with Gasteiger partial charge in [-0.05, 0) is 0 Å². The monoisotopic (exact) mass is 213 g/mol. The van der Waals surface area contributed by atoms with E-state index in [4.69, 9.17) is 16.6 Å². The van der Waals surface area contributed by atoms with Gasteiger partial charge in [0, 0.05) is 13.0 Å². The van der Waals surface area contributed by atoms with E-state index in [1.165, 1.54) is 4.68 Å². The zero-order valence-electron chi connectivity index (χ0n) is 7.88. The Hall–Kier alpha value is -1.96. The lowest BCUT2D eigenvalue weighted by molar-refractivity contribution is -0.118.